The lowest BCUT2D eigenvalue weighted by atomic mass is 10.1. The molecule has 0 amide bonds. The van der Waals surface area contributed by atoms with Gasteiger partial charge < -0.3 is 24.4 Å². The van der Waals surface area contributed by atoms with Crippen molar-refractivity contribution < 1.29 is 29.2 Å². The summed E-state index contributed by atoms with van der Waals surface area (Å²) in [6, 6.07) is 7.42. The van der Waals surface area contributed by atoms with Crippen LogP contribution in [0, 0.1) is 0 Å². The van der Waals surface area contributed by atoms with Crippen LogP contribution in [0.1, 0.15) is 18.9 Å². The van der Waals surface area contributed by atoms with Crippen LogP contribution >= 0.6 is 0 Å². The third-order valence-electron chi connectivity index (χ3n) is 2.88. The lowest BCUT2D eigenvalue weighted by Crippen LogP contribution is -2.36. The fourth-order valence-electron chi connectivity index (χ4n) is 1.66. The van der Waals surface area contributed by atoms with Crippen molar-refractivity contribution in [1.29, 1.82) is 0 Å². The van der Waals surface area contributed by atoms with E-state index in [2.05, 4.69) is 4.74 Å². The minimum absolute atomic E-state index is 0.149. The number of esters is 1. The van der Waals surface area contributed by atoms with Gasteiger partial charge in [0.15, 0.2) is 6.10 Å². The van der Waals surface area contributed by atoms with Gasteiger partial charge in [-0.25, -0.2) is 4.79 Å². The van der Waals surface area contributed by atoms with Gasteiger partial charge in [0.2, 0.25) is 0 Å². The Bertz CT molecular complexity index is 417. The van der Waals surface area contributed by atoms with Gasteiger partial charge >= 0.3 is 5.97 Å². The zero-order valence-corrected chi connectivity index (χ0v) is 12.3. The maximum absolute atomic E-state index is 11.2. The zero-order valence-electron chi connectivity index (χ0n) is 12.3. The van der Waals surface area contributed by atoms with Gasteiger partial charge in [-0.05, 0) is 31.0 Å². The molecule has 0 saturated heterocycles. The SMILES string of the molecule is CCOC(=O)[C@@H](O)[C@H](O)CCOCc1ccc(OC)cc1. The normalized spacial score (nSPS) is 13.5. The van der Waals surface area contributed by atoms with Crippen molar-refractivity contribution in [2.75, 3.05) is 20.3 Å². The predicted molar refractivity (Wildman–Crippen MR) is 75.9 cm³/mol. The standard InChI is InChI=1S/C15H22O6/c1-3-21-15(18)14(17)13(16)8-9-20-10-11-4-6-12(19-2)7-5-11/h4-7,13-14,16-17H,3,8-10H2,1-2H3/t13-,14+/m1/s1. The number of carbonyl (C=O) groups excluding carboxylic acids is 1. The summed E-state index contributed by atoms with van der Waals surface area (Å²) in [7, 11) is 1.60. The van der Waals surface area contributed by atoms with Crippen molar-refractivity contribution in [2.45, 2.75) is 32.2 Å². The van der Waals surface area contributed by atoms with Crippen molar-refractivity contribution in [3.05, 3.63) is 29.8 Å². The van der Waals surface area contributed by atoms with E-state index < -0.39 is 18.2 Å². The summed E-state index contributed by atoms with van der Waals surface area (Å²) in [6.45, 7) is 2.40. The molecule has 0 radical (unpaired) electrons. The van der Waals surface area contributed by atoms with E-state index in [0.29, 0.717) is 6.61 Å². The van der Waals surface area contributed by atoms with Crippen LogP contribution in [0.2, 0.25) is 0 Å². The second-order valence-corrected chi connectivity index (χ2v) is 4.45. The van der Waals surface area contributed by atoms with Crippen molar-refractivity contribution >= 4 is 5.97 Å². The Balaban J connectivity index is 2.24. The second kappa shape index (κ2) is 9.33. The highest BCUT2D eigenvalue weighted by Crippen LogP contribution is 2.12. The summed E-state index contributed by atoms with van der Waals surface area (Å²) in [5.74, 6) is -0.0492. The molecule has 0 heterocycles. The average Bonchev–Trinajstić information content (AvgIpc) is 2.51. The summed E-state index contributed by atoms with van der Waals surface area (Å²) >= 11 is 0. The lowest BCUT2D eigenvalue weighted by Gasteiger charge is -2.16. The van der Waals surface area contributed by atoms with Gasteiger partial charge in [0.05, 0.1) is 26.4 Å². The van der Waals surface area contributed by atoms with Gasteiger partial charge in [0, 0.05) is 6.61 Å². The van der Waals surface area contributed by atoms with Gasteiger partial charge in [0.25, 0.3) is 0 Å². The molecule has 1 aromatic carbocycles. The van der Waals surface area contributed by atoms with Crippen LogP contribution in [0.3, 0.4) is 0 Å². The molecule has 0 unspecified atom stereocenters. The molecule has 0 aliphatic carbocycles. The largest absolute Gasteiger partial charge is 0.497 e. The number of benzene rings is 1. The van der Waals surface area contributed by atoms with Gasteiger partial charge in [-0.3, -0.25) is 0 Å². The first-order valence-corrected chi connectivity index (χ1v) is 6.82. The molecule has 0 bridgehead atoms. The number of hydrogen-bond acceptors (Lipinski definition) is 6. The predicted octanol–water partition coefficient (Wildman–Crippen LogP) is 0.887. The van der Waals surface area contributed by atoms with E-state index in [4.69, 9.17) is 9.47 Å². The van der Waals surface area contributed by atoms with Crippen LogP contribution in [-0.4, -0.2) is 48.7 Å². The number of carbonyl (C=O) groups is 1. The molecule has 2 N–H and O–H groups in total. The maximum atomic E-state index is 11.2. The molecule has 2 atom stereocenters. The fourth-order valence-corrected chi connectivity index (χ4v) is 1.66. The van der Waals surface area contributed by atoms with E-state index in [1.165, 1.54) is 0 Å². The summed E-state index contributed by atoms with van der Waals surface area (Å²) in [6.07, 6.45) is -2.58. The highest BCUT2D eigenvalue weighted by molar-refractivity contribution is 5.75. The van der Waals surface area contributed by atoms with Crippen LogP contribution in [0.5, 0.6) is 5.75 Å². The Labute approximate surface area is 124 Å². The zero-order chi connectivity index (χ0) is 15.7. The minimum atomic E-state index is -1.53. The van der Waals surface area contributed by atoms with Crippen LogP contribution in [0.4, 0.5) is 0 Å². The highest BCUT2D eigenvalue weighted by Gasteiger charge is 2.24. The number of aliphatic hydroxyl groups is 2. The minimum Gasteiger partial charge on any atom is -0.497 e. The van der Waals surface area contributed by atoms with Crippen LogP contribution < -0.4 is 4.74 Å². The molecule has 1 aromatic rings. The van der Waals surface area contributed by atoms with Crippen LogP contribution in [0.15, 0.2) is 24.3 Å². The first-order chi connectivity index (χ1) is 10.1. The molecule has 0 fully saturated rings. The van der Waals surface area contributed by atoms with Crippen molar-refractivity contribution in [1.82, 2.24) is 0 Å². The molecule has 0 aliphatic rings. The third-order valence-corrected chi connectivity index (χ3v) is 2.88. The van der Waals surface area contributed by atoms with Gasteiger partial charge in [-0.2, -0.15) is 0 Å². The first kappa shape index (κ1) is 17.4. The number of ether oxygens (including phenoxy) is 3. The van der Waals surface area contributed by atoms with Crippen LogP contribution in [0.25, 0.3) is 0 Å². The summed E-state index contributed by atoms with van der Waals surface area (Å²) in [4.78, 5) is 11.2. The molecule has 0 aromatic heterocycles. The number of rotatable bonds is 9. The van der Waals surface area contributed by atoms with Crippen LogP contribution in [-0.2, 0) is 20.9 Å². The van der Waals surface area contributed by atoms with E-state index in [1.807, 2.05) is 24.3 Å². The van der Waals surface area contributed by atoms with Gasteiger partial charge in [0.1, 0.15) is 5.75 Å². The summed E-state index contributed by atoms with van der Waals surface area (Å²) in [5, 5.41) is 19.1. The maximum Gasteiger partial charge on any atom is 0.337 e. The van der Waals surface area contributed by atoms with E-state index in [9.17, 15) is 15.0 Å². The average molecular weight is 298 g/mol. The quantitative estimate of drug-likeness (QED) is 0.520. The fraction of sp³-hybridized carbons (Fsp3) is 0.533. The molecular weight excluding hydrogens is 276 g/mol. The lowest BCUT2D eigenvalue weighted by molar-refractivity contribution is -0.159. The Kier molecular flexibility index (Phi) is 7.74. The third kappa shape index (κ3) is 6.12. The van der Waals surface area contributed by atoms with Crippen molar-refractivity contribution in [2.24, 2.45) is 0 Å². The number of hydrogen-bond donors (Lipinski definition) is 2. The second-order valence-electron chi connectivity index (χ2n) is 4.45. The van der Waals surface area contributed by atoms with Crippen molar-refractivity contribution in [3.63, 3.8) is 0 Å². The number of aliphatic hydroxyl groups excluding tert-OH is 2. The van der Waals surface area contributed by atoms with E-state index in [1.54, 1.807) is 14.0 Å². The molecule has 1 rings (SSSR count). The molecule has 6 nitrogen and oxygen atoms in total. The molecule has 21 heavy (non-hydrogen) atoms. The van der Waals surface area contributed by atoms with E-state index >= 15 is 0 Å². The summed E-state index contributed by atoms with van der Waals surface area (Å²) in [5.41, 5.74) is 0.969. The smallest absolute Gasteiger partial charge is 0.337 e. The molecular formula is C15H22O6. The molecule has 0 spiro atoms. The van der Waals surface area contributed by atoms with Crippen molar-refractivity contribution in [3.8, 4) is 5.75 Å². The monoisotopic (exact) mass is 298 g/mol. The molecule has 0 saturated carbocycles. The summed E-state index contributed by atoms with van der Waals surface area (Å²) < 4.78 is 15.1. The van der Waals surface area contributed by atoms with E-state index in [-0.39, 0.29) is 19.6 Å². The Morgan fingerprint density at radius 1 is 1.24 bits per heavy atom. The molecule has 6 heteroatoms. The molecule has 0 aliphatic heterocycles. The van der Waals surface area contributed by atoms with E-state index in [0.717, 1.165) is 11.3 Å². The Morgan fingerprint density at radius 2 is 1.90 bits per heavy atom. The Morgan fingerprint density at radius 3 is 2.48 bits per heavy atom. The topological polar surface area (TPSA) is 85.2 Å². The Hall–Kier alpha value is -1.63. The first-order valence-electron chi connectivity index (χ1n) is 6.82. The number of methoxy groups -OCH3 is 1. The van der Waals surface area contributed by atoms with Gasteiger partial charge in [-0.15, -0.1) is 0 Å². The molecule has 118 valence electrons. The highest BCUT2D eigenvalue weighted by atomic mass is 16.5. The van der Waals surface area contributed by atoms with Gasteiger partial charge in [-0.1, -0.05) is 12.1 Å².